The normalized spacial score (nSPS) is 9.72. The minimum atomic E-state index is -4.28. The van der Waals surface area contributed by atoms with Crippen LogP contribution >= 0.6 is 34.8 Å². The molecule has 0 radical (unpaired) electrons. The van der Waals surface area contributed by atoms with Crippen LogP contribution in [0.4, 0.5) is 43.4 Å². The number of aromatic nitrogens is 11. The van der Waals surface area contributed by atoms with Gasteiger partial charge in [-0.15, -0.1) is 0 Å². The van der Waals surface area contributed by atoms with Crippen molar-refractivity contribution >= 4 is 51.9 Å². The highest BCUT2D eigenvalue weighted by atomic mass is 35.5. The average molecular weight is 1410 g/mol. The van der Waals surface area contributed by atoms with E-state index in [2.05, 4.69) is 60.9 Å². The van der Waals surface area contributed by atoms with Crippen molar-refractivity contribution in [1.82, 2.24) is 54.8 Å². The molecule has 0 N–H and O–H groups in total. The predicted octanol–water partition coefficient (Wildman–Crippen LogP) is 19.3. The second-order valence-electron chi connectivity index (χ2n) is 19.8. The number of hydrogen-bond acceptors (Lipinski definition) is 17. The van der Waals surface area contributed by atoms with Crippen LogP contribution in [-0.4, -0.2) is 69.6 Å². The first kappa shape index (κ1) is 85.3. The molecule has 0 saturated heterocycles. The highest BCUT2D eigenvalue weighted by molar-refractivity contribution is 6.31. The van der Waals surface area contributed by atoms with Gasteiger partial charge in [-0.2, -0.15) is 26.3 Å². The van der Waals surface area contributed by atoms with Crippen LogP contribution in [0, 0.1) is 113 Å². The Balaban J connectivity index is 0.000000541. The van der Waals surface area contributed by atoms with Gasteiger partial charge in [0.1, 0.15) is 18.1 Å². The van der Waals surface area contributed by atoms with Crippen LogP contribution in [0.2, 0.25) is 15.1 Å². The maximum absolute atomic E-state index is 12.0. The topological polar surface area (TPSA) is 271 Å². The van der Waals surface area contributed by atoms with E-state index in [0.29, 0.717) is 16.3 Å². The Labute approximate surface area is 578 Å². The summed E-state index contributed by atoms with van der Waals surface area (Å²) in [6, 6.07) is 34.3. The average Bonchev–Trinajstić information content (AvgIpc) is 0.863. The summed E-state index contributed by atoms with van der Waals surface area (Å²) in [5, 5.41) is 32.6. The van der Waals surface area contributed by atoms with Crippen molar-refractivity contribution in [2.45, 2.75) is 95.4 Å². The number of pyridine rings is 11. The van der Waals surface area contributed by atoms with Gasteiger partial charge in [-0.25, -0.2) is 0 Å². The maximum atomic E-state index is 12.0. The quantitative estimate of drug-likeness (QED) is 0.0903. The first-order valence-electron chi connectivity index (χ1n) is 28.6. The van der Waals surface area contributed by atoms with Crippen LogP contribution in [0.25, 0.3) is 0 Å². The molecule has 11 heterocycles. The van der Waals surface area contributed by atoms with Gasteiger partial charge in [-0.1, -0.05) is 46.9 Å². The van der Waals surface area contributed by atoms with E-state index >= 15 is 0 Å². The highest BCUT2D eigenvalue weighted by Crippen LogP contribution is 2.31. The van der Waals surface area contributed by atoms with E-state index in [0.717, 1.165) is 56.3 Å². The Morgan fingerprint density at radius 2 is 0.796 bits per heavy atom. The first-order chi connectivity index (χ1) is 46.1. The third-order valence-electron chi connectivity index (χ3n) is 11.7. The van der Waals surface area contributed by atoms with Crippen LogP contribution < -0.4 is 0 Å². The van der Waals surface area contributed by atoms with E-state index in [1.165, 1.54) is 86.4 Å². The van der Waals surface area contributed by atoms with Gasteiger partial charge in [0.25, 0.3) is 17.1 Å². The summed E-state index contributed by atoms with van der Waals surface area (Å²) in [6.07, 6.45) is 14.4. The first-order valence-corrected chi connectivity index (χ1v) is 29.8. The number of hydrogen-bond donors (Lipinski definition) is 0. The van der Waals surface area contributed by atoms with E-state index in [1.54, 1.807) is 82.3 Å². The molecule has 98 heavy (non-hydrogen) atoms. The number of alkyl halides is 6. The fraction of sp³-hybridized carbons (Fsp3) is 0.203. The number of rotatable bonds is 3. The second kappa shape index (κ2) is 46.4. The molecule has 0 amide bonds. The number of halogens is 9. The molecule has 0 aliphatic heterocycles. The van der Waals surface area contributed by atoms with Gasteiger partial charge in [0, 0.05) is 127 Å². The van der Waals surface area contributed by atoms with Crippen molar-refractivity contribution in [2.75, 3.05) is 0 Å². The molecule has 0 bridgehead atoms. The number of aryl methyl sites for hydroxylation is 12. The molecule has 0 atom stereocenters. The van der Waals surface area contributed by atoms with Gasteiger partial charge in [0.2, 0.25) is 0 Å². The molecule has 11 aromatic rings. The third-order valence-corrected chi connectivity index (χ3v) is 12.7. The summed E-state index contributed by atoms with van der Waals surface area (Å²) in [7, 11) is 0. The summed E-state index contributed by atoms with van der Waals surface area (Å²) in [5.41, 5.74) is 8.51. The minimum Gasteiger partial charge on any atom is -0.265 e. The minimum absolute atomic E-state index is 0.0139. The SMILES string of the molecule is Cc1ccc(C)nc1.Cc1ccc(Cl)cn1.Cc1ccc([N+](=O)[O-])cn1.Cc1ccccn1.Cc1ccncc1.Cc1ccncc1C(F)(F)F.Cc1ccncc1Cl.Cc1ccncc1[N+](=O)[O-].Cc1ncccc1C(F)(F)F.Cc1ncccc1Cl.Cc1ncccc1[N+](=O)[O-]. The molecule has 0 aromatic carbocycles. The van der Waals surface area contributed by atoms with E-state index < -0.39 is 38.2 Å². The van der Waals surface area contributed by atoms with Crippen molar-refractivity contribution in [2.24, 2.45) is 0 Å². The van der Waals surface area contributed by atoms with Crippen molar-refractivity contribution in [3.8, 4) is 0 Å². The van der Waals surface area contributed by atoms with Crippen LogP contribution in [-0.2, 0) is 12.4 Å². The van der Waals surface area contributed by atoms with Crippen molar-refractivity contribution in [3.05, 3.63) is 338 Å². The molecule has 0 aliphatic carbocycles. The molecule has 0 fully saturated rings. The van der Waals surface area contributed by atoms with Gasteiger partial charge in [-0.3, -0.25) is 85.2 Å². The maximum Gasteiger partial charge on any atom is 0.418 e. The van der Waals surface area contributed by atoms with Crippen LogP contribution in [0.3, 0.4) is 0 Å². The zero-order chi connectivity index (χ0) is 73.8. The summed E-state index contributed by atoms with van der Waals surface area (Å²) in [5.74, 6) is 0. The fourth-order valence-electron chi connectivity index (χ4n) is 6.20. The molecule has 11 rings (SSSR count). The third kappa shape index (κ3) is 38.6. The number of nitro groups is 3. The molecule has 0 aliphatic rings. The van der Waals surface area contributed by atoms with Crippen LogP contribution in [0.5, 0.6) is 0 Å². The fourth-order valence-corrected chi connectivity index (χ4v) is 6.56. The summed E-state index contributed by atoms with van der Waals surface area (Å²) >= 11 is 16.8. The summed E-state index contributed by atoms with van der Waals surface area (Å²) in [4.78, 5) is 70.8. The van der Waals surface area contributed by atoms with Gasteiger partial charge in [-0.05, 0) is 202 Å². The van der Waals surface area contributed by atoms with E-state index in [1.807, 2.05) is 121 Å². The molecule has 29 heteroatoms. The monoisotopic (exact) mass is 1410 g/mol. The van der Waals surface area contributed by atoms with Crippen LogP contribution in [0.15, 0.2) is 214 Å². The molecular formula is C69H71Cl3F6N14O6. The summed E-state index contributed by atoms with van der Waals surface area (Å²) in [6.45, 7) is 21.6. The molecule has 0 unspecified atom stereocenters. The van der Waals surface area contributed by atoms with Crippen molar-refractivity contribution in [3.63, 3.8) is 0 Å². The lowest BCUT2D eigenvalue weighted by Crippen LogP contribution is -2.07. The smallest absolute Gasteiger partial charge is 0.265 e. The Morgan fingerprint density at radius 3 is 1.10 bits per heavy atom. The Bertz CT molecular complexity index is 3770. The molecule has 11 aromatic heterocycles. The molecule has 0 saturated carbocycles. The standard InChI is InChI=1S/2C7H6F3N.C7H9N.3C6H6ClN.3C6H6N2O2.2C6H7N/c1-5-2-3-11-4-6(5)7(8,9)10;1-5-6(7(8,9)10)3-2-4-11-5;1-6-3-4-7(2)8-5-6;1-5-2-3-8-4-6(5)7;1-5-2-3-6(7)4-8-5;1-5-6(7)3-2-4-8-5;1-5-2-3-7-4-6(5)8(9)10;1-5-2-3-6(4-7-5)8(9)10;1-5-6(8(9)10)3-2-4-7-5;1-6-2-4-7-5-3-6;1-6-4-2-3-5-7-6/h2*2-4H,1H3;3-5H,1-2H3;3*2-4H,1H3;3*2-4H,1H3;2*2-5H,1H3. The molecule has 0 spiro atoms. The molecule has 20 nitrogen and oxygen atoms in total. The Kier molecular flexibility index (Phi) is 40.4. The number of nitrogens with zero attached hydrogens (tertiary/aromatic N) is 14. The van der Waals surface area contributed by atoms with Crippen molar-refractivity contribution in [1.29, 1.82) is 0 Å². The second-order valence-corrected chi connectivity index (χ2v) is 21.1. The zero-order valence-electron chi connectivity index (χ0n) is 55.3. The molecule has 516 valence electrons. The van der Waals surface area contributed by atoms with E-state index in [9.17, 15) is 56.7 Å². The Hall–Kier alpha value is -10.7. The molecular weight excluding hydrogens is 1340 g/mol. The summed E-state index contributed by atoms with van der Waals surface area (Å²) < 4.78 is 72.1. The largest absolute Gasteiger partial charge is 0.418 e. The Morgan fingerprint density at radius 1 is 0.327 bits per heavy atom. The lowest BCUT2D eigenvalue weighted by Gasteiger charge is -2.07. The van der Waals surface area contributed by atoms with Crippen molar-refractivity contribution < 1.29 is 41.1 Å². The van der Waals surface area contributed by atoms with Gasteiger partial charge in [0.05, 0.1) is 46.7 Å². The zero-order valence-corrected chi connectivity index (χ0v) is 57.6. The highest BCUT2D eigenvalue weighted by Gasteiger charge is 2.33. The van der Waals surface area contributed by atoms with Crippen LogP contribution in [0.1, 0.15) is 78.8 Å². The predicted molar refractivity (Wildman–Crippen MR) is 368 cm³/mol. The van der Waals surface area contributed by atoms with Gasteiger partial charge in [0.15, 0.2) is 0 Å². The van der Waals surface area contributed by atoms with Gasteiger partial charge >= 0.3 is 12.4 Å². The van der Waals surface area contributed by atoms with E-state index in [4.69, 9.17) is 34.8 Å². The lowest BCUT2D eigenvalue weighted by atomic mass is 10.1. The van der Waals surface area contributed by atoms with Gasteiger partial charge < -0.3 is 0 Å². The lowest BCUT2D eigenvalue weighted by molar-refractivity contribution is -0.385. The van der Waals surface area contributed by atoms with E-state index in [-0.39, 0.29) is 28.3 Å².